The third-order valence-electron chi connectivity index (χ3n) is 4.64. The molecule has 0 unspecified atom stereocenters. The molecule has 0 aromatic heterocycles. The third kappa shape index (κ3) is 6.24. The van der Waals surface area contributed by atoms with E-state index in [2.05, 4.69) is 29.5 Å². The van der Waals surface area contributed by atoms with Crippen LogP contribution in [0.25, 0.3) is 0 Å². The van der Waals surface area contributed by atoms with Crippen LogP contribution >= 0.6 is 0 Å². The molecule has 5 nitrogen and oxygen atoms in total. The Morgan fingerprint density at radius 2 is 1.82 bits per heavy atom. The summed E-state index contributed by atoms with van der Waals surface area (Å²) in [5, 5.41) is 6.64. The first kappa shape index (κ1) is 18.8. The van der Waals surface area contributed by atoms with E-state index < -0.39 is 0 Å². The minimum atomic E-state index is 0.0174. The summed E-state index contributed by atoms with van der Waals surface area (Å²) in [6.45, 7) is 8.59. The highest BCUT2D eigenvalue weighted by molar-refractivity contribution is 5.84. The number of carbonyl (C=O) groups excluding carboxylic acids is 1. The van der Waals surface area contributed by atoms with Gasteiger partial charge in [-0.1, -0.05) is 33.1 Å². The van der Waals surface area contributed by atoms with Gasteiger partial charge in [0.1, 0.15) is 6.54 Å². The van der Waals surface area contributed by atoms with Crippen LogP contribution in [0.2, 0.25) is 0 Å². The standard InChI is InChI=1S/C17H34N4O/c1-6-18-16(19-12-15(22)21(4)5)20-13-17(2,3)14-10-8-7-9-11-14/h14H,6-13H2,1-5H3,(H2,18,19,20). The number of rotatable bonds is 6. The Labute approximate surface area is 135 Å². The smallest absolute Gasteiger partial charge is 0.243 e. The van der Waals surface area contributed by atoms with Gasteiger partial charge in [-0.3, -0.25) is 4.79 Å². The maximum atomic E-state index is 11.7. The lowest BCUT2D eigenvalue weighted by Gasteiger charge is -2.37. The van der Waals surface area contributed by atoms with Crippen LogP contribution in [0.5, 0.6) is 0 Å². The lowest BCUT2D eigenvalue weighted by atomic mass is 9.71. The van der Waals surface area contributed by atoms with Gasteiger partial charge in [0.05, 0.1) is 0 Å². The second-order valence-electron chi connectivity index (χ2n) is 7.16. The van der Waals surface area contributed by atoms with Crippen LogP contribution in [0, 0.1) is 11.3 Å². The second-order valence-corrected chi connectivity index (χ2v) is 7.16. The normalized spacial score (nSPS) is 17.2. The van der Waals surface area contributed by atoms with E-state index in [9.17, 15) is 4.79 Å². The number of aliphatic imine (C=N–C) groups is 1. The highest BCUT2D eigenvalue weighted by Gasteiger charge is 2.30. The summed E-state index contributed by atoms with van der Waals surface area (Å²) in [6.07, 6.45) is 6.78. The molecule has 0 saturated heterocycles. The van der Waals surface area contributed by atoms with Crippen molar-refractivity contribution >= 4 is 11.9 Å². The van der Waals surface area contributed by atoms with E-state index in [0.717, 1.165) is 25.0 Å². The molecule has 1 fully saturated rings. The molecule has 0 spiro atoms. The molecule has 1 aliphatic rings. The summed E-state index contributed by atoms with van der Waals surface area (Å²) in [6, 6.07) is 0. The van der Waals surface area contributed by atoms with Gasteiger partial charge in [-0.25, -0.2) is 4.99 Å². The fraction of sp³-hybridized carbons (Fsp3) is 0.882. The summed E-state index contributed by atoms with van der Waals surface area (Å²) < 4.78 is 0. The largest absolute Gasteiger partial charge is 0.357 e. The van der Waals surface area contributed by atoms with Gasteiger partial charge in [0, 0.05) is 27.2 Å². The van der Waals surface area contributed by atoms with Crippen molar-refractivity contribution in [2.45, 2.75) is 52.9 Å². The molecule has 1 amide bonds. The van der Waals surface area contributed by atoms with E-state index >= 15 is 0 Å². The molecule has 0 atom stereocenters. The van der Waals surface area contributed by atoms with Gasteiger partial charge in [0.15, 0.2) is 5.96 Å². The van der Waals surface area contributed by atoms with E-state index in [1.54, 1.807) is 19.0 Å². The van der Waals surface area contributed by atoms with Gasteiger partial charge in [0.25, 0.3) is 0 Å². The number of carbonyl (C=O) groups is 1. The van der Waals surface area contributed by atoms with E-state index in [1.165, 1.54) is 32.1 Å². The first-order valence-corrected chi connectivity index (χ1v) is 8.59. The van der Waals surface area contributed by atoms with Crippen molar-refractivity contribution in [3.8, 4) is 0 Å². The maximum absolute atomic E-state index is 11.7. The predicted molar refractivity (Wildman–Crippen MR) is 93.0 cm³/mol. The average Bonchev–Trinajstić information content (AvgIpc) is 2.50. The minimum absolute atomic E-state index is 0.0174. The van der Waals surface area contributed by atoms with Crippen molar-refractivity contribution < 1.29 is 4.79 Å². The van der Waals surface area contributed by atoms with Gasteiger partial charge >= 0.3 is 0 Å². The lowest BCUT2D eigenvalue weighted by Crippen LogP contribution is -2.45. The first-order chi connectivity index (χ1) is 10.4. The van der Waals surface area contributed by atoms with E-state index in [4.69, 9.17) is 0 Å². The molecule has 1 rings (SSSR count). The molecule has 2 N–H and O–H groups in total. The van der Waals surface area contributed by atoms with Crippen LogP contribution in [0.3, 0.4) is 0 Å². The van der Waals surface area contributed by atoms with Crippen molar-refractivity contribution in [3.05, 3.63) is 0 Å². The fourth-order valence-electron chi connectivity index (χ4n) is 2.97. The van der Waals surface area contributed by atoms with Crippen LogP contribution in [-0.4, -0.2) is 50.5 Å². The monoisotopic (exact) mass is 310 g/mol. The fourth-order valence-corrected chi connectivity index (χ4v) is 2.97. The number of hydrogen-bond acceptors (Lipinski definition) is 2. The molecule has 0 aromatic carbocycles. The minimum Gasteiger partial charge on any atom is -0.357 e. The van der Waals surface area contributed by atoms with Crippen LogP contribution in [0.1, 0.15) is 52.9 Å². The molecule has 0 heterocycles. The number of guanidine groups is 1. The van der Waals surface area contributed by atoms with E-state index in [-0.39, 0.29) is 17.9 Å². The van der Waals surface area contributed by atoms with Crippen LogP contribution in [-0.2, 0) is 4.79 Å². The van der Waals surface area contributed by atoms with Crippen molar-refractivity contribution in [1.29, 1.82) is 0 Å². The second kappa shape index (κ2) is 9.01. The van der Waals surface area contributed by atoms with Gasteiger partial charge in [-0.2, -0.15) is 0 Å². The van der Waals surface area contributed by atoms with Crippen molar-refractivity contribution in [3.63, 3.8) is 0 Å². The molecule has 22 heavy (non-hydrogen) atoms. The van der Waals surface area contributed by atoms with Crippen LogP contribution in [0.15, 0.2) is 4.99 Å². The zero-order valence-electron chi connectivity index (χ0n) is 15.0. The summed E-state index contributed by atoms with van der Waals surface area (Å²) in [5.41, 5.74) is 0.252. The number of hydrogen-bond donors (Lipinski definition) is 2. The van der Waals surface area contributed by atoms with Gasteiger partial charge in [0.2, 0.25) is 5.91 Å². The Bertz CT molecular complexity index is 371. The molecule has 128 valence electrons. The summed E-state index contributed by atoms with van der Waals surface area (Å²) in [7, 11) is 3.51. The molecule has 1 aliphatic carbocycles. The molecule has 5 heteroatoms. The summed E-state index contributed by atoms with van der Waals surface area (Å²) in [4.78, 5) is 17.6. The van der Waals surface area contributed by atoms with Crippen LogP contribution in [0.4, 0.5) is 0 Å². The molecule has 1 saturated carbocycles. The topological polar surface area (TPSA) is 56.7 Å². The summed E-state index contributed by atoms with van der Waals surface area (Å²) in [5.74, 6) is 1.53. The van der Waals surface area contributed by atoms with Crippen molar-refractivity contribution in [1.82, 2.24) is 15.5 Å². The van der Waals surface area contributed by atoms with Crippen molar-refractivity contribution in [2.75, 3.05) is 33.7 Å². The lowest BCUT2D eigenvalue weighted by molar-refractivity contribution is -0.127. The highest BCUT2D eigenvalue weighted by Crippen LogP contribution is 2.37. The predicted octanol–water partition coefficient (Wildman–Crippen LogP) is 2.24. The average molecular weight is 310 g/mol. The molecule has 0 bridgehead atoms. The SMILES string of the molecule is CCNC(=NCC(=O)N(C)C)NCC(C)(C)C1CCCCC1. The first-order valence-electron chi connectivity index (χ1n) is 8.59. The Balaban J connectivity index is 2.54. The number of amides is 1. The third-order valence-corrected chi connectivity index (χ3v) is 4.64. The molecule has 0 radical (unpaired) electrons. The zero-order valence-corrected chi connectivity index (χ0v) is 15.0. The van der Waals surface area contributed by atoms with Crippen LogP contribution < -0.4 is 10.6 Å². The van der Waals surface area contributed by atoms with E-state index in [0.29, 0.717) is 0 Å². The van der Waals surface area contributed by atoms with Crippen molar-refractivity contribution in [2.24, 2.45) is 16.3 Å². The highest BCUT2D eigenvalue weighted by atomic mass is 16.2. The molecular formula is C17H34N4O. The number of nitrogens with one attached hydrogen (secondary N) is 2. The van der Waals surface area contributed by atoms with Gasteiger partial charge < -0.3 is 15.5 Å². The quantitative estimate of drug-likeness (QED) is 0.584. The Morgan fingerprint density at radius 3 is 2.36 bits per heavy atom. The Morgan fingerprint density at radius 1 is 1.18 bits per heavy atom. The maximum Gasteiger partial charge on any atom is 0.243 e. The van der Waals surface area contributed by atoms with E-state index in [1.807, 2.05) is 6.92 Å². The zero-order chi connectivity index (χ0) is 16.6. The molecular weight excluding hydrogens is 276 g/mol. The Kier molecular flexibility index (Phi) is 7.69. The summed E-state index contributed by atoms with van der Waals surface area (Å²) >= 11 is 0. The number of likely N-dealkylation sites (N-methyl/N-ethyl adjacent to an activating group) is 1. The molecule has 0 aromatic rings. The van der Waals surface area contributed by atoms with Gasteiger partial charge in [-0.05, 0) is 31.1 Å². The van der Waals surface area contributed by atoms with Gasteiger partial charge in [-0.15, -0.1) is 0 Å². The molecule has 0 aliphatic heterocycles. The Hall–Kier alpha value is -1.26. The number of nitrogens with zero attached hydrogens (tertiary/aromatic N) is 2.